The average molecular weight is 871 g/mol. The lowest BCUT2D eigenvalue weighted by atomic mass is 9.76. The Balaban J connectivity index is 2.33. The van der Waals surface area contributed by atoms with Crippen LogP contribution in [0.15, 0.2) is 41.5 Å². The molecule has 1 aromatic heterocycles. The van der Waals surface area contributed by atoms with Crippen molar-refractivity contribution in [2.45, 2.75) is 146 Å². The first kappa shape index (κ1) is 52.7. The van der Waals surface area contributed by atoms with Crippen molar-refractivity contribution < 1.29 is 28.7 Å². The zero-order chi connectivity index (χ0) is 47.0. The van der Waals surface area contributed by atoms with Gasteiger partial charge in [-0.3, -0.25) is 34.2 Å². The first-order valence-electron chi connectivity index (χ1n) is 23.1. The number of hydrogen-bond acceptors (Lipinski definition) is 9. The van der Waals surface area contributed by atoms with Crippen molar-refractivity contribution in [2.75, 3.05) is 33.9 Å². The lowest BCUT2D eigenvalue weighted by molar-refractivity contribution is -0.142. The van der Waals surface area contributed by atoms with Gasteiger partial charge in [0.1, 0.15) is 12.1 Å². The maximum atomic E-state index is 14.3. The molecule has 0 saturated carbocycles. The van der Waals surface area contributed by atoms with Crippen LogP contribution in [0.3, 0.4) is 0 Å². The normalized spacial score (nSPS) is 16.3. The number of nitrogens with one attached hydrogen (secondary N) is 2. The summed E-state index contributed by atoms with van der Waals surface area (Å²) in [4.78, 5) is 63.3. The van der Waals surface area contributed by atoms with Crippen molar-refractivity contribution in [3.8, 4) is 0 Å². The molecule has 0 bridgehead atoms. The van der Waals surface area contributed by atoms with Gasteiger partial charge in [-0.1, -0.05) is 86.9 Å². The molecule has 1 aliphatic rings. The molecule has 1 aliphatic heterocycles. The van der Waals surface area contributed by atoms with E-state index in [1.807, 2.05) is 40.0 Å². The second kappa shape index (κ2) is 25.0. The number of carbonyl (C=O) groups excluding carboxylic acids is 4. The van der Waals surface area contributed by atoms with E-state index in [-0.39, 0.29) is 48.7 Å². The molecule has 3 rings (SSSR count). The van der Waals surface area contributed by atoms with E-state index in [4.69, 9.17) is 19.5 Å². The monoisotopic (exact) mass is 871 g/mol. The molecule has 0 spiro atoms. The van der Waals surface area contributed by atoms with E-state index in [0.29, 0.717) is 32.4 Å². The molecule has 4 atom stereocenters. The quantitative estimate of drug-likeness (QED) is 0.0786. The Hall–Kier alpha value is -4.68. The number of rotatable bonds is 24. The highest BCUT2D eigenvalue weighted by atomic mass is 16.5. The van der Waals surface area contributed by atoms with Crippen molar-refractivity contribution in [2.24, 2.45) is 28.2 Å². The largest absolute Gasteiger partial charge is 0.467 e. The Kier molecular flexibility index (Phi) is 20.9. The number of hydrazine groups is 1. The second-order valence-corrected chi connectivity index (χ2v) is 18.6. The Bertz CT molecular complexity index is 1950. The van der Waals surface area contributed by atoms with Crippen LogP contribution in [-0.2, 0) is 35.1 Å². The molecule has 1 aromatic carbocycles. The summed E-state index contributed by atoms with van der Waals surface area (Å²) in [5.74, 6) is -0.721. The number of benzene rings is 1. The second-order valence-electron chi connectivity index (χ2n) is 18.6. The van der Waals surface area contributed by atoms with Gasteiger partial charge in [0.15, 0.2) is 0 Å². The fourth-order valence-corrected chi connectivity index (χ4v) is 8.45. The molecule has 2 heterocycles. The molecule has 12 heteroatoms. The van der Waals surface area contributed by atoms with Gasteiger partial charge in [0.25, 0.3) is 12.4 Å². The van der Waals surface area contributed by atoms with E-state index >= 15 is 0 Å². The van der Waals surface area contributed by atoms with E-state index < -0.39 is 17.5 Å². The van der Waals surface area contributed by atoms with Crippen molar-refractivity contribution in [3.05, 3.63) is 70.0 Å². The minimum Gasteiger partial charge on any atom is -0.467 e. The maximum absolute atomic E-state index is 14.3. The highest BCUT2D eigenvalue weighted by molar-refractivity contribution is 5.99. The fraction of sp³-hybridized carbons (Fsp3) is 0.608. The van der Waals surface area contributed by atoms with Gasteiger partial charge < -0.3 is 19.7 Å². The van der Waals surface area contributed by atoms with E-state index in [9.17, 15) is 19.2 Å². The molecule has 0 radical (unpaired) electrons. The number of hydrogen-bond donors (Lipinski definition) is 2. The van der Waals surface area contributed by atoms with Crippen molar-refractivity contribution in [3.63, 3.8) is 0 Å². The lowest BCUT2D eigenvalue weighted by Crippen LogP contribution is -2.58. The predicted molar refractivity (Wildman–Crippen MR) is 255 cm³/mol. The standard InChI is InChI=1S/C51H78N6O6/c1-15-20-38-25-41(47(52-29-38)37(10)62-14)46(33(4)5)42(28-51(11,12)30-63-32-59)40-26-39(22-21-36(40)9)43(17-3)54-44(35(8)16-2)27-45(50(61)57-24-19-18-23-53-57)55-49(60)48(34(6)7)56(13)31-58/h17,21-22,25-26,29,31-35,37,45,48,53H,15-16,18-20,23-24,27-28,30H2,1-14H3,(H,55,60)/b43-17-,46-42+,54-44?. The summed E-state index contributed by atoms with van der Waals surface area (Å²) in [6, 6.07) is 7.05. The van der Waals surface area contributed by atoms with E-state index in [0.717, 1.165) is 88.2 Å². The third kappa shape index (κ3) is 14.4. The topological polar surface area (TPSA) is 143 Å². The van der Waals surface area contributed by atoms with Crippen LogP contribution in [0.4, 0.5) is 0 Å². The van der Waals surface area contributed by atoms with Gasteiger partial charge in [0.2, 0.25) is 12.3 Å². The number of nitrogens with zero attached hydrogens (tertiary/aromatic N) is 4. The van der Waals surface area contributed by atoms with Gasteiger partial charge in [-0.15, -0.1) is 0 Å². The van der Waals surface area contributed by atoms with Gasteiger partial charge in [0, 0.05) is 62.1 Å². The Morgan fingerprint density at radius 1 is 1.06 bits per heavy atom. The molecule has 63 heavy (non-hydrogen) atoms. The van der Waals surface area contributed by atoms with E-state index in [1.165, 1.54) is 4.90 Å². The molecule has 0 aliphatic carbocycles. The zero-order valence-electron chi connectivity index (χ0n) is 40.9. The summed E-state index contributed by atoms with van der Waals surface area (Å²) in [6.07, 6.45) is 9.63. The van der Waals surface area contributed by atoms with Crippen LogP contribution in [0, 0.1) is 30.1 Å². The van der Waals surface area contributed by atoms with Gasteiger partial charge in [-0.2, -0.15) is 0 Å². The Labute approximate surface area is 378 Å². The molecule has 4 unspecified atom stereocenters. The van der Waals surface area contributed by atoms with Crippen LogP contribution in [0.2, 0.25) is 0 Å². The Morgan fingerprint density at radius 2 is 1.78 bits per heavy atom. The highest BCUT2D eigenvalue weighted by Gasteiger charge is 2.34. The van der Waals surface area contributed by atoms with E-state index in [2.05, 4.69) is 90.4 Å². The van der Waals surface area contributed by atoms with Crippen LogP contribution < -0.4 is 10.7 Å². The summed E-state index contributed by atoms with van der Waals surface area (Å²) in [6.45, 7) is 26.9. The number of ether oxygens (including phenoxy) is 2. The van der Waals surface area contributed by atoms with Gasteiger partial charge in [-0.05, 0) is 111 Å². The summed E-state index contributed by atoms with van der Waals surface area (Å²) >= 11 is 0. The first-order chi connectivity index (χ1) is 29.9. The molecule has 1 saturated heterocycles. The molecule has 348 valence electrons. The van der Waals surface area contributed by atoms with Crippen LogP contribution >= 0.6 is 0 Å². The van der Waals surface area contributed by atoms with Crippen LogP contribution in [0.5, 0.6) is 0 Å². The maximum Gasteiger partial charge on any atom is 0.293 e. The smallest absolute Gasteiger partial charge is 0.293 e. The summed E-state index contributed by atoms with van der Waals surface area (Å²) in [5.41, 5.74) is 12.8. The minimum absolute atomic E-state index is 0.0179. The number of aryl methyl sites for hydroxylation is 2. The number of likely N-dealkylation sites (N-methyl/N-ethyl adjacent to an activating group) is 1. The van der Waals surface area contributed by atoms with Gasteiger partial charge >= 0.3 is 0 Å². The number of methoxy groups -OCH3 is 1. The van der Waals surface area contributed by atoms with Crippen molar-refractivity contribution in [1.29, 1.82) is 0 Å². The molecular weight excluding hydrogens is 793 g/mol. The molecule has 1 fully saturated rings. The number of allylic oxidation sites excluding steroid dienone is 3. The molecule has 12 nitrogen and oxygen atoms in total. The molecule has 2 aromatic rings. The third-order valence-corrected chi connectivity index (χ3v) is 12.1. The average Bonchev–Trinajstić information content (AvgIpc) is 3.26. The Morgan fingerprint density at radius 3 is 2.33 bits per heavy atom. The lowest BCUT2D eigenvalue weighted by Gasteiger charge is -2.34. The summed E-state index contributed by atoms with van der Waals surface area (Å²) < 4.78 is 11.3. The highest BCUT2D eigenvalue weighted by Crippen LogP contribution is 2.43. The predicted octanol–water partition coefficient (Wildman–Crippen LogP) is 9.17. The van der Waals surface area contributed by atoms with Crippen molar-refractivity contribution in [1.82, 2.24) is 25.6 Å². The molecule has 2 N–H and O–H groups in total. The SMILES string of the molecule is C/C=C(\N=C(CC(NC(=O)C(C(C)C)N(C)C=O)C(=O)N1CCCCN1)C(C)CC)c1ccc(C)c(/C(CC(C)(C)COC=O)=C(/c2cc(CCC)cnc2C(C)OC)C(C)C)c1. The third-order valence-electron chi connectivity index (χ3n) is 12.1. The zero-order valence-corrected chi connectivity index (χ0v) is 40.9. The first-order valence-corrected chi connectivity index (χ1v) is 23.1. The summed E-state index contributed by atoms with van der Waals surface area (Å²) in [7, 11) is 3.30. The fourth-order valence-electron chi connectivity index (χ4n) is 8.45. The van der Waals surface area contributed by atoms with Crippen LogP contribution in [0.1, 0.15) is 154 Å². The van der Waals surface area contributed by atoms with E-state index in [1.54, 1.807) is 19.2 Å². The number of carbonyl (C=O) groups is 4. The molecule has 3 amide bonds. The number of amides is 3. The van der Waals surface area contributed by atoms with Crippen molar-refractivity contribution >= 4 is 47.3 Å². The summed E-state index contributed by atoms with van der Waals surface area (Å²) in [5, 5.41) is 4.68. The number of aliphatic imine (C=N–C) groups is 1. The van der Waals surface area contributed by atoms with Crippen LogP contribution in [0.25, 0.3) is 16.8 Å². The molecular formula is C51H78N6O6. The minimum atomic E-state index is -0.913. The van der Waals surface area contributed by atoms with Gasteiger partial charge in [-0.25, -0.2) is 5.43 Å². The number of aromatic nitrogens is 1. The number of pyridine rings is 1. The van der Waals surface area contributed by atoms with Gasteiger partial charge in [0.05, 0.1) is 24.1 Å². The van der Waals surface area contributed by atoms with Crippen LogP contribution in [-0.4, -0.2) is 91.2 Å².